The molecule has 0 saturated carbocycles. The monoisotopic (exact) mass is 486 g/mol. The SMILES string of the molecule is Cc1nnc(SCc2c(C(=O)N(C)C(c3ccccc3)c3ccccn3)oc3ccccc23)s1. The normalized spacial score (nSPS) is 12.1. The molecule has 0 bridgehead atoms. The van der Waals surface area contributed by atoms with Gasteiger partial charge in [0, 0.05) is 29.9 Å². The zero-order valence-corrected chi connectivity index (χ0v) is 20.3. The maximum atomic E-state index is 13.9. The van der Waals surface area contributed by atoms with Gasteiger partial charge < -0.3 is 9.32 Å². The molecule has 8 heteroatoms. The molecule has 5 aromatic rings. The van der Waals surface area contributed by atoms with Crippen LogP contribution in [-0.2, 0) is 5.75 Å². The fraction of sp³-hybridized carbons (Fsp3) is 0.154. The molecule has 34 heavy (non-hydrogen) atoms. The Bertz CT molecular complexity index is 1380. The van der Waals surface area contributed by atoms with E-state index >= 15 is 0 Å². The number of furan rings is 1. The first-order valence-corrected chi connectivity index (χ1v) is 12.6. The van der Waals surface area contributed by atoms with Crippen LogP contribution in [0.1, 0.15) is 38.4 Å². The maximum Gasteiger partial charge on any atom is 0.290 e. The molecule has 0 aliphatic heterocycles. The highest BCUT2D eigenvalue weighted by Crippen LogP contribution is 2.35. The second-order valence-corrected chi connectivity index (χ2v) is 10.2. The minimum absolute atomic E-state index is 0.195. The molecule has 1 amide bonds. The molecule has 1 atom stereocenters. The molecule has 0 radical (unpaired) electrons. The van der Waals surface area contributed by atoms with E-state index in [4.69, 9.17) is 4.42 Å². The molecule has 3 aromatic heterocycles. The van der Waals surface area contributed by atoms with Gasteiger partial charge in [-0.1, -0.05) is 77.7 Å². The van der Waals surface area contributed by atoms with E-state index in [0.29, 0.717) is 17.1 Å². The van der Waals surface area contributed by atoms with Gasteiger partial charge in [-0.05, 0) is 30.7 Å². The van der Waals surface area contributed by atoms with E-state index in [9.17, 15) is 4.79 Å². The first-order chi connectivity index (χ1) is 16.6. The Kier molecular flexibility index (Phi) is 6.42. The van der Waals surface area contributed by atoms with Gasteiger partial charge in [0.1, 0.15) is 10.6 Å². The van der Waals surface area contributed by atoms with Crippen molar-refractivity contribution in [2.24, 2.45) is 0 Å². The van der Waals surface area contributed by atoms with E-state index in [2.05, 4.69) is 15.2 Å². The van der Waals surface area contributed by atoms with Crippen LogP contribution in [0.25, 0.3) is 11.0 Å². The average molecular weight is 487 g/mol. The topological polar surface area (TPSA) is 72.1 Å². The molecule has 0 saturated heterocycles. The van der Waals surface area contributed by atoms with Crippen LogP contribution in [-0.4, -0.2) is 33.0 Å². The van der Waals surface area contributed by atoms with Crippen molar-refractivity contribution in [3.05, 3.63) is 107 Å². The van der Waals surface area contributed by atoms with Crippen molar-refractivity contribution >= 4 is 40.0 Å². The highest BCUT2D eigenvalue weighted by molar-refractivity contribution is 8.00. The summed E-state index contributed by atoms with van der Waals surface area (Å²) in [6, 6.07) is 23.1. The third kappa shape index (κ3) is 4.47. The summed E-state index contributed by atoms with van der Waals surface area (Å²) in [6.07, 6.45) is 1.75. The van der Waals surface area contributed by atoms with Gasteiger partial charge in [-0.15, -0.1) is 10.2 Å². The summed E-state index contributed by atoms with van der Waals surface area (Å²) in [5, 5.41) is 10.2. The number of aryl methyl sites for hydroxylation is 1. The number of fused-ring (bicyclic) bond motifs is 1. The quantitative estimate of drug-likeness (QED) is 0.257. The number of nitrogens with zero attached hydrogens (tertiary/aromatic N) is 4. The van der Waals surface area contributed by atoms with Gasteiger partial charge in [-0.25, -0.2) is 0 Å². The van der Waals surface area contributed by atoms with Crippen molar-refractivity contribution in [1.29, 1.82) is 0 Å². The molecule has 0 spiro atoms. The van der Waals surface area contributed by atoms with E-state index in [1.165, 1.54) is 0 Å². The number of benzene rings is 2. The number of rotatable bonds is 7. The number of carbonyl (C=O) groups excluding carboxylic acids is 1. The molecule has 5 rings (SSSR count). The Hall–Kier alpha value is -3.49. The van der Waals surface area contributed by atoms with Gasteiger partial charge in [-0.2, -0.15) is 0 Å². The minimum atomic E-state index is -0.352. The first kappa shape index (κ1) is 22.3. The highest BCUT2D eigenvalue weighted by Gasteiger charge is 2.30. The summed E-state index contributed by atoms with van der Waals surface area (Å²) in [6.45, 7) is 1.93. The third-order valence-electron chi connectivity index (χ3n) is 5.53. The number of carbonyl (C=O) groups is 1. The van der Waals surface area contributed by atoms with Crippen LogP contribution in [0.15, 0.2) is 87.8 Å². The van der Waals surface area contributed by atoms with E-state index < -0.39 is 0 Å². The molecule has 170 valence electrons. The zero-order valence-electron chi connectivity index (χ0n) is 18.7. The number of thioether (sulfide) groups is 1. The highest BCUT2D eigenvalue weighted by atomic mass is 32.2. The number of amides is 1. The Labute approximate surface area is 205 Å². The Morgan fingerprint density at radius 2 is 1.79 bits per heavy atom. The van der Waals surface area contributed by atoms with Crippen molar-refractivity contribution in [2.75, 3.05) is 7.05 Å². The van der Waals surface area contributed by atoms with Crippen LogP contribution >= 0.6 is 23.1 Å². The lowest BCUT2D eigenvalue weighted by atomic mass is 10.0. The summed E-state index contributed by atoms with van der Waals surface area (Å²) < 4.78 is 7.01. The van der Waals surface area contributed by atoms with E-state index in [0.717, 1.165) is 31.6 Å². The number of hydrogen-bond donors (Lipinski definition) is 0. The predicted octanol–water partition coefficient (Wildman–Crippen LogP) is 6.14. The molecule has 0 aliphatic carbocycles. The molecule has 3 heterocycles. The predicted molar refractivity (Wildman–Crippen MR) is 135 cm³/mol. The Morgan fingerprint density at radius 1 is 1.03 bits per heavy atom. The molecule has 1 unspecified atom stereocenters. The summed E-state index contributed by atoms with van der Waals surface area (Å²) >= 11 is 3.10. The lowest BCUT2D eigenvalue weighted by Gasteiger charge is -2.28. The van der Waals surface area contributed by atoms with Gasteiger partial charge >= 0.3 is 0 Å². The van der Waals surface area contributed by atoms with Crippen LogP contribution < -0.4 is 0 Å². The molecule has 2 aromatic carbocycles. The van der Waals surface area contributed by atoms with Crippen molar-refractivity contribution in [3.8, 4) is 0 Å². The van der Waals surface area contributed by atoms with Gasteiger partial charge in [0.2, 0.25) is 0 Å². The lowest BCUT2D eigenvalue weighted by Crippen LogP contribution is -2.32. The standard InChI is InChI=1S/C26H22N4O2S2/c1-17-28-29-26(34-17)33-16-20-19-12-6-7-14-22(19)32-24(20)25(31)30(2)23(18-10-4-3-5-11-18)21-13-8-9-15-27-21/h3-15,23H,16H2,1-2H3. The lowest BCUT2D eigenvalue weighted by molar-refractivity contribution is 0.0722. The van der Waals surface area contributed by atoms with E-state index in [-0.39, 0.29) is 11.9 Å². The van der Waals surface area contributed by atoms with Crippen molar-refractivity contribution in [1.82, 2.24) is 20.1 Å². The molecule has 0 aliphatic rings. The summed E-state index contributed by atoms with van der Waals surface area (Å²) in [5.74, 6) is 0.703. The number of para-hydroxylation sites is 1. The van der Waals surface area contributed by atoms with Crippen LogP contribution in [0.2, 0.25) is 0 Å². The molecular formula is C26H22N4O2S2. The maximum absolute atomic E-state index is 13.9. The molecule has 0 N–H and O–H groups in total. The van der Waals surface area contributed by atoms with E-state index in [1.807, 2.05) is 79.7 Å². The van der Waals surface area contributed by atoms with Gasteiger partial charge in [0.25, 0.3) is 5.91 Å². The Morgan fingerprint density at radius 3 is 2.53 bits per heavy atom. The van der Waals surface area contributed by atoms with Gasteiger partial charge in [0.15, 0.2) is 10.1 Å². The summed E-state index contributed by atoms with van der Waals surface area (Å²) in [4.78, 5) is 20.2. The van der Waals surface area contributed by atoms with Crippen LogP contribution in [0, 0.1) is 6.92 Å². The number of hydrogen-bond acceptors (Lipinski definition) is 7. The van der Waals surface area contributed by atoms with Crippen LogP contribution in [0.3, 0.4) is 0 Å². The van der Waals surface area contributed by atoms with Crippen molar-refractivity contribution in [2.45, 2.75) is 23.1 Å². The molecule has 0 fully saturated rings. The fourth-order valence-electron chi connectivity index (χ4n) is 3.93. The summed E-state index contributed by atoms with van der Waals surface area (Å²) in [5.41, 5.74) is 3.32. The smallest absolute Gasteiger partial charge is 0.290 e. The van der Waals surface area contributed by atoms with Crippen molar-refractivity contribution < 1.29 is 9.21 Å². The zero-order chi connectivity index (χ0) is 23.5. The average Bonchev–Trinajstić information content (AvgIpc) is 3.46. The van der Waals surface area contributed by atoms with Crippen LogP contribution in [0.4, 0.5) is 0 Å². The first-order valence-electron chi connectivity index (χ1n) is 10.8. The van der Waals surface area contributed by atoms with Gasteiger partial charge in [-0.3, -0.25) is 9.78 Å². The third-order valence-corrected chi connectivity index (χ3v) is 7.53. The fourth-order valence-corrected chi connectivity index (χ4v) is 5.77. The van der Waals surface area contributed by atoms with Crippen molar-refractivity contribution in [3.63, 3.8) is 0 Å². The number of pyridine rings is 1. The Balaban J connectivity index is 1.53. The second kappa shape index (κ2) is 9.79. The van der Waals surface area contributed by atoms with Gasteiger partial charge in [0.05, 0.1) is 11.7 Å². The van der Waals surface area contributed by atoms with E-state index in [1.54, 1.807) is 41.2 Å². The second-order valence-electron chi connectivity index (χ2n) is 7.77. The molecule has 6 nitrogen and oxygen atoms in total. The number of aromatic nitrogens is 3. The largest absolute Gasteiger partial charge is 0.451 e. The van der Waals surface area contributed by atoms with Crippen LogP contribution in [0.5, 0.6) is 0 Å². The minimum Gasteiger partial charge on any atom is -0.451 e. The summed E-state index contributed by atoms with van der Waals surface area (Å²) in [7, 11) is 1.80. The molecular weight excluding hydrogens is 464 g/mol.